The molecule has 0 atom stereocenters. The van der Waals surface area contributed by atoms with Gasteiger partial charge in [-0.05, 0) is 42.8 Å². The lowest BCUT2D eigenvalue weighted by Crippen LogP contribution is -2.32. The predicted octanol–water partition coefficient (Wildman–Crippen LogP) is 2.85. The van der Waals surface area contributed by atoms with Gasteiger partial charge in [-0.1, -0.05) is 11.6 Å². The van der Waals surface area contributed by atoms with Crippen LogP contribution in [-0.2, 0) is 9.59 Å². The maximum absolute atomic E-state index is 12.3. The van der Waals surface area contributed by atoms with E-state index in [0.717, 1.165) is 6.42 Å². The maximum Gasteiger partial charge on any atom is 0.251 e. The fourth-order valence-electron chi connectivity index (χ4n) is 3.15. The van der Waals surface area contributed by atoms with Crippen LogP contribution in [0.25, 0.3) is 0 Å². The van der Waals surface area contributed by atoms with E-state index in [4.69, 9.17) is 21.1 Å². The number of carbonyl (C=O) groups is 3. The van der Waals surface area contributed by atoms with Gasteiger partial charge in [-0.3, -0.25) is 14.4 Å². The summed E-state index contributed by atoms with van der Waals surface area (Å²) >= 11 is 6.28. The van der Waals surface area contributed by atoms with Crippen LogP contribution in [0, 0.1) is 0 Å². The Morgan fingerprint density at radius 3 is 2.50 bits per heavy atom. The fourth-order valence-corrected chi connectivity index (χ4v) is 3.43. The Labute approximate surface area is 179 Å². The Morgan fingerprint density at radius 2 is 1.87 bits per heavy atom. The third-order valence-corrected chi connectivity index (χ3v) is 4.95. The number of benzene rings is 2. The first-order valence-corrected chi connectivity index (χ1v) is 9.70. The SMILES string of the molecule is COc1ccc(C(=O)NCC(=O)Nc2ccc(N3CCCC3=O)c(Cl)c2)cc1OC. The standard InChI is InChI=1S/C21H22ClN3O5/c1-29-17-8-5-13(10-18(17)30-2)21(28)23-12-19(26)24-14-6-7-16(15(22)11-14)25-9-3-4-20(25)27/h5-8,10-11H,3-4,9,12H2,1-2H3,(H,23,28)(H,24,26). The largest absolute Gasteiger partial charge is 0.493 e. The molecule has 30 heavy (non-hydrogen) atoms. The highest BCUT2D eigenvalue weighted by Gasteiger charge is 2.23. The number of methoxy groups -OCH3 is 2. The van der Waals surface area contributed by atoms with E-state index >= 15 is 0 Å². The predicted molar refractivity (Wildman–Crippen MR) is 114 cm³/mol. The summed E-state index contributed by atoms with van der Waals surface area (Å²) in [5, 5.41) is 5.60. The second kappa shape index (κ2) is 9.49. The number of anilines is 2. The third-order valence-electron chi connectivity index (χ3n) is 4.65. The van der Waals surface area contributed by atoms with Gasteiger partial charge in [-0.15, -0.1) is 0 Å². The minimum absolute atomic E-state index is 0.0339. The zero-order valence-corrected chi connectivity index (χ0v) is 17.4. The van der Waals surface area contributed by atoms with Crippen molar-refractivity contribution in [2.75, 3.05) is 37.5 Å². The first-order chi connectivity index (χ1) is 14.4. The molecule has 1 fully saturated rings. The van der Waals surface area contributed by atoms with Gasteiger partial charge in [0.2, 0.25) is 11.8 Å². The van der Waals surface area contributed by atoms with Gasteiger partial charge < -0.3 is 25.0 Å². The molecule has 1 aliphatic rings. The molecule has 2 N–H and O–H groups in total. The lowest BCUT2D eigenvalue weighted by atomic mass is 10.2. The summed E-state index contributed by atoms with van der Waals surface area (Å²) in [6.07, 6.45) is 1.31. The van der Waals surface area contributed by atoms with Crippen LogP contribution in [0.4, 0.5) is 11.4 Å². The highest BCUT2D eigenvalue weighted by Crippen LogP contribution is 2.31. The van der Waals surface area contributed by atoms with Crippen molar-refractivity contribution in [3.8, 4) is 11.5 Å². The van der Waals surface area contributed by atoms with Gasteiger partial charge in [-0.2, -0.15) is 0 Å². The van der Waals surface area contributed by atoms with Crippen molar-refractivity contribution >= 4 is 40.7 Å². The summed E-state index contributed by atoms with van der Waals surface area (Å²) in [5.41, 5.74) is 1.43. The Balaban J connectivity index is 1.57. The van der Waals surface area contributed by atoms with Crippen molar-refractivity contribution in [3.63, 3.8) is 0 Å². The zero-order chi connectivity index (χ0) is 21.7. The molecule has 0 unspecified atom stereocenters. The number of rotatable bonds is 7. The van der Waals surface area contributed by atoms with E-state index in [-0.39, 0.29) is 12.5 Å². The summed E-state index contributed by atoms with van der Waals surface area (Å²) in [7, 11) is 2.98. The smallest absolute Gasteiger partial charge is 0.251 e. The molecule has 1 heterocycles. The number of amides is 3. The molecule has 2 aromatic rings. The van der Waals surface area contributed by atoms with E-state index in [0.29, 0.717) is 46.4 Å². The normalized spacial score (nSPS) is 13.2. The molecular weight excluding hydrogens is 410 g/mol. The van der Waals surface area contributed by atoms with Crippen molar-refractivity contribution in [3.05, 3.63) is 47.0 Å². The summed E-state index contributed by atoms with van der Waals surface area (Å²) in [6.45, 7) is 0.406. The van der Waals surface area contributed by atoms with Crippen molar-refractivity contribution in [1.82, 2.24) is 5.32 Å². The van der Waals surface area contributed by atoms with Crippen LogP contribution in [-0.4, -0.2) is 45.0 Å². The number of carbonyl (C=O) groups excluding carboxylic acids is 3. The average Bonchev–Trinajstić information content (AvgIpc) is 3.17. The molecule has 0 radical (unpaired) electrons. The molecule has 9 heteroatoms. The molecule has 1 saturated heterocycles. The van der Waals surface area contributed by atoms with Crippen molar-refractivity contribution in [1.29, 1.82) is 0 Å². The first-order valence-electron chi connectivity index (χ1n) is 9.33. The molecule has 0 saturated carbocycles. The lowest BCUT2D eigenvalue weighted by Gasteiger charge is -2.18. The van der Waals surface area contributed by atoms with Crippen LogP contribution >= 0.6 is 11.6 Å². The Kier molecular flexibility index (Phi) is 6.79. The number of nitrogens with zero attached hydrogens (tertiary/aromatic N) is 1. The second-order valence-corrected chi connectivity index (χ2v) is 7.02. The molecule has 0 aliphatic carbocycles. The summed E-state index contributed by atoms with van der Waals surface area (Å²) in [6, 6.07) is 9.67. The van der Waals surface area contributed by atoms with Crippen LogP contribution in [0.15, 0.2) is 36.4 Å². The second-order valence-electron chi connectivity index (χ2n) is 6.62. The fraction of sp³-hybridized carbons (Fsp3) is 0.286. The van der Waals surface area contributed by atoms with Crippen molar-refractivity contribution < 1.29 is 23.9 Å². The minimum Gasteiger partial charge on any atom is -0.493 e. The van der Waals surface area contributed by atoms with Gasteiger partial charge in [0.25, 0.3) is 5.91 Å². The molecule has 1 aliphatic heterocycles. The van der Waals surface area contributed by atoms with E-state index in [2.05, 4.69) is 10.6 Å². The topological polar surface area (TPSA) is 97.0 Å². The highest BCUT2D eigenvalue weighted by molar-refractivity contribution is 6.34. The molecule has 3 amide bonds. The van der Waals surface area contributed by atoms with Crippen molar-refractivity contribution in [2.45, 2.75) is 12.8 Å². The van der Waals surface area contributed by atoms with E-state index < -0.39 is 11.8 Å². The van der Waals surface area contributed by atoms with Crippen LogP contribution in [0.5, 0.6) is 11.5 Å². The monoisotopic (exact) mass is 431 g/mol. The Bertz CT molecular complexity index is 979. The van der Waals surface area contributed by atoms with Crippen LogP contribution in [0.1, 0.15) is 23.2 Å². The summed E-state index contributed by atoms with van der Waals surface area (Å²) in [5.74, 6) is 0.118. The van der Waals surface area contributed by atoms with Gasteiger partial charge >= 0.3 is 0 Å². The first kappa shape index (κ1) is 21.4. The van der Waals surface area contributed by atoms with Gasteiger partial charge in [0.05, 0.1) is 31.5 Å². The number of ether oxygens (including phenoxy) is 2. The molecule has 3 rings (SSSR count). The Morgan fingerprint density at radius 1 is 1.10 bits per heavy atom. The number of halogens is 1. The Hall–Kier alpha value is -3.26. The number of nitrogens with one attached hydrogen (secondary N) is 2. The van der Waals surface area contributed by atoms with Gasteiger partial charge in [0.15, 0.2) is 11.5 Å². The van der Waals surface area contributed by atoms with Crippen LogP contribution in [0.2, 0.25) is 5.02 Å². The van der Waals surface area contributed by atoms with Gasteiger partial charge in [0, 0.05) is 24.2 Å². The zero-order valence-electron chi connectivity index (χ0n) is 16.7. The minimum atomic E-state index is -0.424. The number of hydrogen-bond donors (Lipinski definition) is 2. The number of hydrogen-bond acceptors (Lipinski definition) is 5. The molecule has 2 aromatic carbocycles. The van der Waals surface area contributed by atoms with E-state index in [9.17, 15) is 14.4 Å². The molecular formula is C21H22ClN3O5. The van der Waals surface area contributed by atoms with E-state index in [1.165, 1.54) is 20.3 Å². The molecule has 0 aromatic heterocycles. The van der Waals surface area contributed by atoms with E-state index in [1.807, 2.05) is 0 Å². The lowest BCUT2D eigenvalue weighted by molar-refractivity contribution is -0.117. The van der Waals surface area contributed by atoms with E-state index in [1.54, 1.807) is 35.2 Å². The third kappa shape index (κ3) is 4.83. The van der Waals surface area contributed by atoms with Gasteiger partial charge in [-0.25, -0.2) is 0 Å². The summed E-state index contributed by atoms with van der Waals surface area (Å²) in [4.78, 5) is 38.0. The van der Waals surface area contributed by atoms with Crippen LogP contribution in [0.3, 0.4) is 0 Å². The molecule has 158 valence electrons. The molecule has 0 bridgehead atoms. The highest BCUT2D eigenvalue weighted by atomic mass is 35.5. The van der Waals surface area contributed by atoms with Gasteiger partial charge in [0.1, 0.15) is 0 Å². The average molecular weight is 432 g/mol. The quantitative estimate of drug-likeness (QED) is 0.702. The summed E-state index contributed by atoms with van der Waals surface area (Å²) < 4.78 is 10.3. The van der Waals surface area contributed by atoms with Crippen molar-refractivity contribution in [2.24, 2.45) is 0 Å². The maximum atomic E-state index is 12.3. The molecule has 8 nitrogen and oxygen atoms in total. The molecule has 0 spiro atoms. The van der Waals surface area contributed by atoms with Crippen LogP contribution < -0.4 is 25.0 Å².